The lowest BCUT2D eigenvalue weighted by molar-refractivity contribution is 0.603. The van der Waals surface area contributed by atoms with E-state index >= 15 is 0 Å². The predicted molar refractivity (Wildman–Crippen MR) is 53.5 cm³/mol. The molecule has 0 aliphatic heterocycles. The van der Waals surface area contributed by atoms with Crippen molar-refractivity contribution in [2.75, 3.05) is 0 Å². The molecule has 1 aliphatic carbocycles. The van der Waals surface area contributed by atoms with Crippen molar-refractivity contribution in [2.45, 2.75) is 25.8 Å². The van der Waals surface area contributed by atoms with Crippen LogP contribution in [0.3, 0.4) is 0 Å². The summed E-state index contributed by atoms with van der Waals surface area (Å²) in [5, 5.41) is 8.67. The summed E-state index contributed by atoms with van der Waals surface area (Å²) in [5.41, 5.74) is -1.02. The van der Waals surface area contributed by atoms with Crippen LogP contribution in [0.2, 0.25) is 0 Å². The van der Waals surface area contributed by atoms with Crippen LogP contribution < -0.4 is 11.2 Å². The molecule has 2 atom stereocenters. The first kappa shape index (κ1) is 9.71. The number of nitriles is 1. The van der Waals surface area contributed by atoms with E-state index in [1.165, 1.54) is 10.8 Å². The molecule has 1 aromatic rings. The van der Waals surface area contributed by atoms with Crippen molar-refractivity contribution in [3.8, 4) is 6.07 Å². The lowest BCUT2D eigenvalue weighted by Gasteiger charge is -2.02. The van der Waals surface area contributed by atoms with Gasteiger partial charge >= 0.3 is 5.69 Å². The summed E-state index contributed by atoms with van der Waals surface area (Å²) in [6.07, 6.45) is 3.33. The van der Waals surface area contributed by atoms with E-state index in [2.05, 4.69) is 11.9 Å². The molecule has 2 rings (SSSR count). The number of H-pyrrole nitrogens is 1. The molecule has 5 heteroatoms. The van der Waals surface area contributed by atoms with Crippen molar-refractivity contribution in [3.63, 3.8) is 0 Å². The Morgan fingerprint density at radius 3 is 2.93 bits per heavy atom. The summed E-state index contributed by atoms with van der Waals surface area (Å²) in [5.74, 6) is 0.500. The van der Waals surface area contributed by atoms with Gasteiger partial charge in [0.2, 0.25) is 0 Å². The molecule has 78 valence electrons. The molecule has 1 heterocycles. The first-order valence-corrected chi connectivity index (χ1v) is 4.93. The zero-order valence-electron chi connectivity index (χ0n) is 8.36. The van der Waals surface area contributed by atoms with Crippen molar-refractivity contribution in [1.29, 1.82) is 5.26 Å². The van der Waals surface area contributed by atoms with E-state index in [0.29, 0.717) is 5.92 Å². The SMILES string of the molecule is CCC1CC1n1cc(C#N)c(=O)[nH]c1=O. The molecule has 0 saturated heterocycles. The molecule has 0 bridgehead atoms. The van der Waals surface area contributed by atoms with E-state index in [-0.39, 0.29) is 11.6 Å². The Kier molecular flexibility index (Phi) is 2.19. The van der Waals surface area contributed by atoms with Gasteiger partial charge < -0.3 is 0 Å². The van der Waals surface area contributed by atoms with E-state index < -0.39 is 11.2 Å². The van der Waals surface area contributed by atoms with Crippen LogP contribution in [-0.4, -0.2) is 9.55 Å². The van der Waals surface area contributed by atoms with Gasteiger partial charge in [-0.05, 0) is 12.3 Å². The molecular weight excluding hydrogens is 194 g/mol. The van der Waals surface area contributed by atoms with Gasteiger partial charge in [-0.25, -0.2) is 4.79 Å². The quantitative estimate of drug-likeness (QED) is 0.758. The third-order valence-corrected chi connectivity index (χ3v) is 2.86. The third-order valence-electron chi connectivity index (χ3n) is 2.86. The number of aromatic nitrogens is 2. The highest BCUT2D eigenvalue weighted by atomic mass is 16.2. The number of rotatable bonds is 2. The van der Waals surface area contributed by atoms with E-state index in [1.54, 1.807) is 6.07 Å². The van der Waals surface area contributed by atoms with Crippen molar-refractivity contribution in [2.24, 2.45) is 5.92 Å². The number of nitrogens with one attached hydrogen (secondary N) is 1. The van der Waals surface area contributed by atoms with Gasteiger partial charge in [-0.15, -0.1) is 0 Å². The highest BCUT2D eigenvalue weighted by Crippen LogP contribution is 2.44. The Bertz CT molecular complexity index is 535. The van der Waals surface area contributed by atoms with Crippen LogP contribution in [0.4, 0.5) is 0 Å². The van der Waals surface area contributed by atoms with Crippen molar-refractivity contribution in [3.05, 3.63) is 32.6 Å². The summed E-state index contributed by atoms with van der Waals surface area (Å²) in [7, 11) is 0. The topological polar surface area (TPSA) is 78.7 Å². The summed E-state index contributed by atoms with van der Waals surface area (Å²) in [6, 6.07) is 1.93. The van der Waals surface area contributed by atoms with Gasteiger partial charge in [-0.3, -0.25) is 14.3 Å². The van der Waals surface area contributed by atoms with Gasteiger partial charge in [-0.1, -0.05) is 13.3 Å². The van der Waals surface area contributed by atoms with Gasteiger partial charge in [0.05, 0.1) is 0 Å². The summed E-state index contributed by atoms with van der Waals surface area (Å²) in [6.45, 7) is 2.06. The van der Waals surface area contributed by atoms with Crippen LogP contribution in [0.1, 0.15) is 31.4 Å². The third kappa shape index (κ3) is 1.59. The second kappa shape index (κ2) is 3.39. The molecule has 0 aromatic carbocycles. The van der Waals surface area contributed by atoms with Crippen molar-refractivity contribution in [1.82, 2.24) is 9.55 Å². The maximum absolute atomic E-state index is 11.4. The van der Waals surface area contributed by atoms with Gasteiger partial charge in [0, 0.05) is 12.2 Å². The summed E-state index contributed by atoms with van der Waals surface area (Å²) < 4.78 is 1.47. The largest absolute Gasteiger partial charge is 0.328 e. The zero-order valence-corrected chi connectivity index (χ0v) is 8.36. The number of aromatic amines is 1. The monoisotopic (exact) mass is 205 g/mol. The van der Waals surface area contributed by atoms with Gasteiger partial charge in [0.1, 0.15) is 11.6 Å². The molecule has 1 aromatic heterocycles. The van der Waals surface area contributed by atoms with Crippen molar-refractivity contribution >= 4 is 0 Å². The minimum absolute atomic E-state index is 0.00338. The van der Waals surface area contributed by atoms with Crippen LogP contribution >= 0.6 is 0 Å². The molecule has 15 heavy (non-hydrogen) atoms. The van der Waals surface area contributed by atoms with Gasteiger partial charge in [0.15, 0.2) is 0 Å². The molecule has 1 fully saturated rings. The molecular formula is C10H11N3O2. The maximum Gasteiger partial charge on any atom is 0.328 e. The van der Waals surface area contributed by atoms with E-state index in [1.807, 2.05) is 0 Å². The summed E-state index contributed by atoms with van der Waals surface area (Å²) in [4.78, 5) is 24.7. The highest BCUT2D eigenvalue weighted by Gasteiger charge is 2.37. The minimum atomic E-state index is -0.604. The second-order valence-corrected chi connectivity index (χ2v) is 3.79. The van der Waals surface area contributed by atoms with Crippen molar-refractivity contribution < 1.29 is 0 Å². The fourth-order valence-electron chi connectivity index (χ4n) is 1.82. The smallest absolute Gasteiger partial charge is 0.296 e. The molecule has 2 unspecified atom stereocenters. The lowest BCUT2D eigenvalue weighted by Crippen LogP contribution is -2.30. The Labute approximate surface area is 86.0 Å². The van der Waals surface area contributed by atoms with E-state index in [9.17, 15) is 9.59 Å². The Balaban J connectivity index is 2.46. The van der Waals surface area contributed by atoms with Crippen LogP contribution in [0.5, 0.6) is 0 Å². The highest BCUT2D eigenvalue weighted by molar-refractivity contribution is 5.22. The van der Waals surface area contributed by atoms with Crippen LogP contribution in [0, 0.1) is 17.2 Å². The molecule has 0 spiro atoms. The number of hydrogen-bond donors (Lipinski definition) is 1. The van der Waals surface area contributed by atoms with Gasteiger partial charge in [-0.2, -0.15) is 5.26 Å². The first-order chi connectivity index (χ1) is 7.17. The number of hydrogen-bond acceptors (Lipinski definition) is 3. The molecule has 1 saturated carbocycles. The zero-order chi connectivity index (χ0) is 11.0. The predicted octanol–water partition coefficient (Wildman–Crippen LogP) is 0.379. The van der Waals surface area contributed by atoms with E-state index in [4.69, 9.17) is 5.26 Å². The average Bonchev–Trinajstić information content (AvgIpc) is 2.97. The molecule has 1 N–H and O–H groups in total. The first-order valence-electron chi connectivity index (χ1n) is 4.93. The lowest BCUT2D eigenvalue weighted by atomic mass is 10.3. The standard InChI is InChI=1S/C10H11N3O2/c1-2-6-3-8(6)13-5-7(4-11)9(14)12-10(13)15/h5-6,8H,2-3H2,1H3,(H,12,14,15). The fraction of sp³-hybridized carbons (Fsp3) is 0.500. The summed E-state index contributed by atoms with van der Waals surface area (Å²) >= 11 is 0. The number of nitrogens with zero attached hydrogens (tertiary/aromatic N) is 2. The maximum atomic E-state index is 11.4. The average molecular weight is 205 g/mol. The Morgan fingerprint density at radius 1 is 1.67 bits per heavy atom. The van der Waals surface area contributed by atoms with Crippen LogP contribution in [0.15, 0.2) is 15.8 Å². The molecule has 0 radical (unpaired) electrons. The van der Waals surface area contributed by atoms with Crippen LogP contribution in [-0.2, 0) is 0 Å². The van der Waals surface area contributed by atoms with Crippen LogP contribution in [0.25, 0.3) is 0 Å². The molecule has 0 amide bonds. The van der Waals surface area contributed by atoms with E-state index in [0.717, 1.165) is 12.8 Å². The molecule has 1 aliphatic rings. The Hall–Kier alpha value is -1.83. The fourth-order valence-corrected chi connectivity index (χ4v) is 1.82. The minimum Gasteiger partial charge on any atom is -0.296 e. The second-order valence-electron chi connectivity index (χ2n) is 3.79. The normalized spacial score (nSPS) is 23.5. The Morgan fingerprint density at radius 2 is 2.40 bits per heavy atom. The molecule has 5 nitrogen and oxygen atoms in total. The van der Waals surface area contributed by atoms with Gasteiger partial charge in [0.25, 0.3) is 5.56 Å².